The van der Waals surface area contributed by atoms with Gasteiger partial charge in [-0.1, -0.05) is 6.07 Å². The molecule has 1 aliphatic rings. The second kappa shape index (κ2) is 6.73. The van der Waals surface area contributed by atoms with Crippen LogP contribution in [0.1, 0.15) is 28.1 Å². The Morgan fingerprint density at radius 1 is 1.08 bits per heavy atom. The number of carbonyl (C=O) groups is 1. The Hall–Kier alpha value is -2.58. The van der Waals surface area contributed by atoms with Crippen LogP contribution in [0.25, 0.3) is 0 Å². The number of amides is 1. The highest BCUT2D eigenvalue weighted by atomic mass is 16.2. The first-order valence-corrected chi connectivity index (χ1v) is 8.55. The highest BCUT2D eigenvalue weighted by Crippen LogP contribution is 2.22. The van der Waals surface area contributed by atoms with Gasteiger partial charge in [0.1, 0.15) is 11.8 Å². The van der Waals surface area contributed by atoms with Crippen LogP contribution in [0.4, 0.5) is 5.69 Å². The van der Waals surface area contributed by atoms with Crippen molar-refractivity contribution >= 4 is 11.6 Å². The zero-order valence-electron chi connectivity index (χ0n) is 15.3. The van der Waals surface area contributed by atoms with E-state index in [2.05, 4.69) is 43.0 Å². The van der Waals surface area contributed by atoms with E-state index in [1.54, 1.807) is 0 Å². The Kier molecular flexibility index (Phi) is 4.65. The molecule has 3 rings (SSSR count). The van der Waals surface area contributed by atoms with Gasteiger partial charge in [-0.25, -0.2) is 0 Å². The van der Waals surface area contributed by atoms with Gasteiger partial charge in [0.25, 0.3) is 0 Å². The van der Waals surface area contributed by atoms with Crippen LogP contribution in [0.2, 0.25) is 0 Å². The molecule has 2 aromatic rings. The highest BCUT2D eigenvalue weighted by Gasteiger charge is 2.26. The molecule has 130 valence electrons. The molecule has 2 heterocycles. The first-order valence-electron chi connectivity index (χ1n) is 8.55. The number of aromatic nitrogens is 1. The minimum Gasteiger partial charge on any atom is -0.340 e. The summed E-state index contributed by atoms with van der Waals surface area (Å²) in [6.45, 7) is 8.76. The number of benzene rings is 1. The molecule has 0 atom stereocenters. The van der Waals surface area contributed by atoms with Crippen LogP contribution >= 0.6 is 0 Å². The van der Waals surface area contributed by atoms with Crippen molar-refractivity contribution in [2.45, 2.75) is 27.3 Å². The van der Waals surface area contributed by atoms with Crippen LogP contribution < -0.4 is 4.90 Å². The molecular weight excluding hydrogens is 312 g/mol. The van der Waals surface area contributed by atoms with Crippen LogP contribution in [0.15, 0.2) is 24.3 Å². The number of hydrogen-bond donors (Lipinski definition) is 0. The van der Waals surface area contributed by atoms with Crippen molar-refractivity contribution in [1.82, 2.24) is 9.47 Å². The first-order chi connectivity index (χ1) is 11.9. The molecule has 1 aliphatic heterocycles. The third kappa shape index (κ3) is 3.45. The van der Waals surface area contributed by atoms with Gasteiger partial charge in [-0.3, -0.25) is 9.69 Å². The lowest BCUT2D eigenvalue weighted by Gasteiger charge is -2.34. The van der Waals surface area contributed by atoms with Crippen molar-refractivity contribution in [1.29, 1.82) is 5.26 Å². The molecule has 5 nitrogen and oxygen atoms in total. The Bertz CT molecular complexity index is 839. The smallest absolute Gasteiger partial charge is 0.241 e. The molecule has 0 aliphatic carbocycles. The fourth-order valence-electron chi connectivity index (χ4n) is 3.51. The summed E-state index contributed by atoms with van der Waals surface area (Å²) in [5.41, 5.74) is 6.20. The van der Waals surface area contributed by atoms with E-state index in [4.69, 9.17) is 5.26 Å². The number of aryl methyl sites for hydroxylation is 2. The minimum atomic E-state index is 0.130. The third-order valence-corrected chi connectivity index (χ3v) is 4.97. The number of nitriles is 1. The van der Waals surface area contributed by atoms with E-state index in [9.17, 15) is 4.79 Å². The lowest BCUT2D eigenvalue weighted by molar-refractivity contribution is -0.121. The number of nitrogens with zero attached hydrogens (tertiary/aromatic N) is 4. The van der Waals surface area contributed by atoms with Crippen molar-refractivity contribution in [3.05, 3.63) is 52.3 Å². The molecule has 1 aromatic carbocycles. The Morgan fingerprint density at radius 2 is 1.76 bits per heavy atom. The predicted molar refractivity (Wildman–Crippen MR) is 98.4 cm³/mol. The van der Waals surface area contributed by atoms with Crippen LogP contribution in [-0.2, 0) is 18.4 Å². The largest absolute Gasteiger partial charge is 0.340 e. The minimum absolute atomic E-state index is 0.130. The molecule has 0 radical (unpaired) electrons. The van der Waals surface area contributed by atoms with Crippen molar-refractivity contribution in [2.75, 3.05) is 24.5 Å². The molecule has 1 aromatic heterocycles. The van der Waals surface area contributed by atoms with E-state index < -0.39 is 0 Å². The standard InChI is InChI=1S/C20H24N4O/c1-14-7-15(2)9-18(8-14)24-6-5-23(13-20(24)25)12-17-10-19(11-21)22(4)16(17)3/h7-10H,5-6,12-13H2,1-4H3. The SMILES string of the molecule is Cc1cc(C)cc(N2CCN(Cc3cc(C#N)n(C)c3C)CC2=O)c1. The molecule has 1 amide bonds. The normalized spacial score (nSPS) is 15.5. The van der Waals surface area contributed by atoms with Gasteiger partial charge < -0.3 is 9.47 Å². The summed E-state index contributed by atoms with van der Waals surface area (Å²) in [6, 6.07) is 10.4. The van der Waals surface area contributed by atoms with Gasteiger partial charge >= 0.3 is 0 Å². The van der Waals surface area contributed by atoms with Gasteiger partial charge in [-0.15, -0.1) is 0 Å². The van der Waals surface area contributed by atoms with E-state index >= 15 is 0 Å². The molecule has 5 heteroatoms. The molecule has 0 unspecified atom stereocenters. The van der Waals surface area contributed by atoms with E-state index in [0.29, 0.717) is 25.3 Å². The second-order valence-electron chi connectivity index (χ2n) is 6.91. The van der Waals surface area contributed by atoms with Crippen LogP contribution in [0, 0.1) is 32.1 Å². The van der Waals surface area contributed by atoms with Crippen LogP contribution in [0.3, 0.4) is 0 Å². The molecule has 25 heavy (non-hydrogen) atoms. The third-order valence-electron chi connectivity index (χ3n) is 4.97. The van der Waals surface area contributed by atoms with E-state index in [1.165, 1.54) is 11.1 Å². The summed E-state index contributed by atoms with van der Waals surface area (Å²) in [7, 11) is 1.90. The van der Waals surface area contributed by atoms with E-state index in [1.807, 2.05) is 29.5 Å². The molecule has 0 saturated carbocycles. The van der Waals surface area contributed by atoms with Gasteiger partial charge in [0.15, 0.2) is 0 Å². The first kappa shape index (κ1) is 17.2. The van der Waals surface area contributed by atoms with Gasteiger partial charge in [0.2, 0.25) is 5.91 Å². The van der Waals surface area contributed by atoms with Gasteiger partial charge in [0.05, 0.1) is 6.54 Å². The quantitative estimate of drug-likeness (QED) is 0.866. The molecule has 0 bridgehead atoms. The maximum atomic E-state index is 12.7. The molecular formula is C20H24N4O. The Morgan fingerprint density at radius 3 is 2.32 bits per heavy atom. The summed E-state index contributed by atoms with van der Waals surface area (Å²) in [4.78, 5) is 16.7. The molecule has 0 spiro atoms. The number of anilines is 1. The Balaban J connectivity index is 1.72. The fraction of sp³-hybridized carbons (Fsp3) is 0.400. The topological polar surface area (TPSA) is 52.3 Å². The summed E-state index contributed by atoms with van der Waals surface area (Å²) in [5, 5.41) is 9.16. The number of rotatable bonds is 3. The maximum Gasteiger partial charge on any atom is 0.241 e. The molecule has 1 fully saturated rings. The lowest BCUT2D eigenvalue weighted by Crippen LogP contribution is -2.50. The Labute approximate surface area is 149 Å². The zero-order valence-corrected chi connectivity index (χ0v) is 15.3. The lowest BCUT2D eigenvalue weighted by atomic mass is 10.1. The summed E-state index contributed by atoms with van der Waals surface area (Å²) < 4.78 is 1.91. The molecule has 0 N–H and O–H groups in total. The maximum absolute atomic E-state index is 12.7. The highest BCUT2D eigenvalue weighted by molar-refractivity contribution is 5.95. The molecule has 1 saturated heterocycles. The zero-order chi connectivity index (χ0) is 18.1. The number of piperazine rings is 1. The van der Waals surface area contributed by atoms with Crippen LogP contribution in [0.5, 0.6) is 0 Å². The van der Waals surface area contributed by atoms with Gasteiger partial charge in [0, 0.05) is 38.1 Å². The summed E-state index contributed by atoms with van der Waals surface area (Å²) in [5.74, 6) is 0.130. The average molecular weight is 336 g/mol. The fourth-order valence-corrected chi connectivity index (χ4v) is 3.51. The van der Waals surface area contributed by atoms with Crippen molar-refractivity contribution in [3.63, 3.8) is 0 Å². The van der Waals surface area contributed by atoms with E-state index in [0.717, 1.165) is 23.5 Å². The second-order valence-corrected chi connectivity index (χ2v) is 6.91. The summed E-state index contributed by atoms with van der Waals surface area (Å²) in [6.07, 6.45) is 0. The van der Waals surface area contributed by atoms with E-state index in [-0.39, 0.29) is 5.91 Å². The van der Waals surface area contributed by atoms with Gasteiger partial charge in [-0.05, 0) is 55.7 Å². The predicted octanol–water partition coefficient (Wildman–Crippen LogP) is 2.67. The van der Waals surface area contributed by atoms with Crippen molar-refractivity contribution in [2.24, 2.45) is 7.05 Å². The number of carbonyl (C=O) groups excluding carboxylic acids is 1. The van der Waals surface area contributed by atoms with Crippen molar-refractivity contribution < 1.29 is 4.79 Å². The van der Waals surface area contributed by atoms with Crippen LogP contribution in [-0.4, -0.2) is 35.0 Å². The monoisotopic (exact) mass is 336 g/mol. The van der Waals surface area contributed by atoms with Gasteiger partial charge in [-0.2, -0.15) is 5.26 Å². The number of hydrogen-bond acceptors (Lipinski definition) is 3. The summed E-state index contributed by atoms with van der Waals surface area (Å²) >= 11 is 0. The van der Waals surface area contributed by atoms with Crippen molar-refractivity contribution in [3.8, 4) is 6.07 Å². The average Bonchev–Trinajstić information content (AvgIpc) is 2.82.